The fourth-order valence-corrected chi connectivity index (χ4v) is 2.57. The van der Waals surface area contributed by atoms with Gasteiger partial charge in [-0.2, -0.15) is 0 Å². The molecule has 0 fully saturated rings. The van der Waals surface area contributed by atoms with Crippen LogP contribution in [0.5, 0.6) is 0 Å². The highest BCUT2D eigenvalue weighted by Gasteiger charge is 2.08. The van der Waals surface area contributed by atoms with Crippen molar-refractivity contribution in [3.8, 4) is 23.8 Å². The van der Waals surface area contributed by atoms with Crippen LogP contribution in [0.25, 0.3) is 0 Å². The number of nitrogens with zero attached hydrogens (tertiary/aromatic N) is 1. The van der Waals surface area contributed by atoms with E-state index in [1.165, 1.54) is 31.2 Å². The standard InChI is InChI=1S/C23H19F2NS/c1-2-3-4-5-6-18-7-9-19(10-8-18)11-12-20-15-22(24)21(23(25)16-20)13-14-26-17-27/h7-10,15-16H,2-6H2,1H3. The van der Waals surface area contributed by atoms with Crippen LogP contribution in [0.4, 0.5) is 8.78 Å². The summed E-state index contributed by atoms with van der Waals surface area (Å²) in [4.78, 5) is 3.32. The Kier molecular flexibility index (Phi) is 8.40. The van der Waals surface area contributed by atoms with E-state index < -0.39 is 11.6 Å². The minimum absolute atomic E-state index is 0.248. The van der Waals surface area contributed by atoms with Gasteiger partial charge in [0.2, 0.25) is 0 Å². The molecule has 0 N–H and O–H groups in total. The van der Waals surface area contributed by atoms with Crippen molar-refractivity contribution in [1.82, 2.24) is 0 Å². The van der Waals surface area contributed by atoms with Gasteiger partial charge in [-0.1, -0.05) is 50.2 Å². The molecule has 27 heavy (non-hydrogen) atoms. The van der Waals surface area contributed by atoms with E-state index in [0.29, 0.717) is 0 Å². The van der Waals surface area contributed by atoms with E-state index in [9.17, 15) is 8.78 Å². The van der Waals surface area contributed by atoms with E-state index in [2.05, 4.69) is 47.9 Å². The van der Waals surface area contributed by atoms with E-state index in [0.717, 1.165) is 24.1 Å². The van der Waals surface area contributed by atoms with Crippen LogP contribution in [0, 0.1) is 35.4 Å². The Morgan fingerprint density at radius 3 is 2.19 bits per heavy atom. The molecular formula is C23H19F2NS. The van der Waals surface area contributed by atoms with Crippen molar-refractivity contribution in [2.24, 2.45) is 4.99 Å². The predicted octanol–water partition coefficient (Wildman–Crippen LogP) is 5.90. The van der Waals surface area contributed by atoms with E-state index in [1.54, 1.807) is 0 Å². The zero-order valence-electron chi connectivity index (χ0n) is 15.1. The average molecular weight is 379 g/mol. The Balaban J connectivity index is 2.09. The Hall–Kier alpha value is -2.78. The van der Waals surface area contributed by atoms with Gasteiger partial charge in [-0.25, -0.2) is 8.78 Å². The van der Waals surface area contributed by atoms with Gasteiger partial charge in [-0.15, -0.1) is 4.99 Å². The van der Waals surface area contributed by atoms with Crippen LogP contribution in [0.2, 0.25) is 0 Å². The second kappa shape index (κ2) is 11.0. The van der Waals surface area contributed by atoms with Crippen LogP contribution in [-0.2, 0) is 6.42 Å². The van der Waals surface area contributed by atoms with Crippen molar-refractivity contribution in [2.75, 3.05) is 0 Å². The second-order valence-corrected chi connectivity index (χ2v) is 6.19. The lowest BCUT2D eigenvalue weighted by molar-refractivity contribution is 0.577. The predicted molar refractivity (Wildman–Crippen MR) is 109 cm³/mol. The van der Waals surface area contributed by atoms with Crippen molar-refractivity contribution in [2.45, 2.75) is 39.0 Å². The summed E-state index contributed by atoms with van der Waals surface area (Å²) in [5.41, 5.74) is 1.96. The van der Waals surface area contributed by atoms with Crippen LogP contribution in [0.1, 0.15) is 54.9 Å². The first-order valence-corrected chi connectivity index (χ1v) is 9.22. The Labute approximate surface area is 164 Å². The zero-order chi connectivity index (χ0) is 19.5. The first kappa shape index (κ1) is 20.5. The summed E-state index contributed by atoms with van der Waals surface area (Å²) < 4.78 is 28.0. The molecule has 0 amide bonds. The van der Waals surface area contributed by atoms with Crippen LogP contribution >= 0.6 is 12.2 Å². The molecule has 4 heteroatoms. The number of aryl methyl sites for hydroxylation is 1. The molecule has 1 nitrogen and oxygen atoms in total. The summed E-state index contributed by atoms with van der Waals surface area (Å²) in [5, 5.41) is 2.01. The smallest absolute Gasteiger partial charge is 0.143 e. The molecule has 0 bridgehead atoms. The Bertz CT molecular complexity index is 927. The third-order valence-corrected chi connectivity index (χ3v) is 4.04. The molecule has 0 spiro atoms. The van der Waals surface area contributed by atoms with Gasteiger partial charge in [0, 0.05) is 11.1 Å². The van der Waals surface area contributed by atoms with Crippen LogP contribution in [-0.4, -0.2) is 5.16 Å². The molecule has 0 aliphatic heterocycles. The molecular weight excluding hydrogens is 360 g/mol. The molecule has 0 unspecified atom stereocenters. The second-order valence-electron chi connectivity index (χ2n) is 6.01. The van der Waals surface area contributed by atoms with Crippen LogP contribution in [0.3, 0.4) is 0 Å². The molecule has 0 atom stereocenters. The first-order valence-electron chi connectivity index (χ1n) is 8.82. The van der Waals surface area contributed by atoms with Gasteiger partial charge in [0.1, 0.15) is 11.6 Å². The van der Waals surface area contributed by atoms with E-state index in [-0.39, 0.29) is 11.1 Å². The molecule has 2 aromatic carbocycles. The van der Waals surface area contributed by atoms with E-state index >= 15 is 0 Å². The number of rotatable bonds is 5. The summed E-state index contributed by atoms with van der Waals surface area (Å²) in [6.07, 6.45) is 5.97. The van der Waals surface area contributed by atoms with Crippen molar-refractivity contribution >= 4 is 17.4 Å². The number of isothiocyanates is 1. The van der Waals surface area contributed by atoms with E-state index in [4.69, 9.17) is 0 Å². The van der Waals surface area contributed by atoms with Gasteiger partial charge in [0.15, 0.2) is 0 Å². The zero-order valence-corrected chi connectivity index (χ0v) is 15.9. The summed E-state index contributed by atoms with van der Waals surface area (Å²) in [5.74, 6) is 6.42. The number of thiocarbonyl (C=S) groups is 1. The first-order chi connectivity index (χ1) is 13.1. The van der Waals surface area contributed by atoms with Crippen molar-refractivity contribution in [3.63, 3.8) is 0 Å². The number of aliphatic imine (C=N–C) groups is 1. The lowest BCUT2D eigenvalue weighted by Crippen LogP contribution is -1.92. The summed E-state index contributed by atoms with van der Waals surface area (Å²) in [7, 11) is 0. The molecule has 0 aromatic heterocycles. The SMILES string of the molecule is CCCCCCc1ccc(C#Cc2cc(F)c(C#CN=C=S)c(F)c2)cc1. The van der Waals surface area contributed by atoms with Crippen LogP contribution < -0.4 is 0 Å². The topological polar surface area (TPSA) is 12.4 Å². The lowest BCUT2D eigenvalue weighted by atomic mass is 10.0. The minimum Gasteiger partial charge on any atom is -0.205 e. The van der Waals surface area contributed by atoms with Crippen molar-refractivity contribution < 1.29 is 8.78 Å². The molecule has 0 aliphatic carbocycles. The fourth-order valence-electron chi connectivity index (χ4n) is 2.53. The monoisotopic (exact) mass is 379 g/mol. The Morgan fingerprint density at radius 2 is 1.56 bits per heavy atom. The maximum Gasteiger partial charge on any atom is 0.143 e. The van der Waals surface area contributed by atoms with Gasteiger partial charge in [0.05, 0.1) is 16.8 Å². The highest BCUT2D eigenvalue weighted by Crippen LogP contribution is 2.14. The van der Waals surface area contributed by atoms with Crippen molar-refractivity contribution in [1.29, 1.82) is 0 Å². The van der Waals surface area contributed by atoms with Gasteiger partial charge >= 0.3 is 0 Å². The molecule has 2 aromatic rings. The van der Waals surface area contributed by atoms with Gasteiger partial charge in [-0.05, 0) is 60.8 Å². The van der Waals surface area contributed by atoms with Crippen molar-refractivity contribution in [3.05, 3.63) is 70.3 Å². The number of benzene rings is 2. The van der Waals surface area contributed by atoms with Gasteiger partial charge in [0.25, 0.3) is 0 Å². The molecule has 0 radical (unpaired) electrons. The lowest BCUT2D eigenvalue weighted by Gasteiger charge is -2.01. The summed E-state index contributed by atoms with van der Waals surface area (Å²) in [6, 6.07) is 12.4. The third-order valence-electron chi connectivity index (χ3n) is 3.95. The summed E-state index contributed by atoms with van der Waals surface area (Å²) >= 11 is 4.35. The normalized spacial score (nSPS) is 9.44. The molecule has 0 saturated carbocycles. The van der Waals surface area contributed by atoms with Gasteiger partial charge < -0.3 is 0 Å². The fraction of sp³-hybridized carbons (Fsp3) is 0.261. The quantitative estimate of drug-likeness (QED) is 0.273. The van der Waals surface area contributed by atoms with E-state index in [1.807, 2.05) is 29.4 Å². The third kappa shape index (κ3) is 6.80. The molecule has 0 saturated heterocycles. The number of hydrogen-bond donors (Lipinski definition) is 0. The maximum atomic E-state index is 14.0. The molecule has 136 valence electrons. The maximum absolute atomic E-state index is 14.0. The van der Waals surface area contributed by atoms with Gasteiger partial charge in [-0.3, -0.25) is 0 Å². The highest BCUT2D eigenvalue weighted by atomic mass is 32.1. The number of halogens is 2. The summed E-state index contributed by atoms with van der Waals surface area (Å²) in [6.45, 7) is 2.20. The molecule has 0 heterocycles. The molecule has 0 aliphatic rings. The average Bonchev–Trinajstić information content (AvgIpc) is 2.67. The van der Waals surface area contributed by atoms with Crippen LogP contribution in [0.15, 0.2) is 41.4 Å². The Morgan fingerprint density at radius 1 is 0.889 bits per heavy atom. The molecule has 2 rings (SSSR count). The number of hydrogen-bond acceptors (Lipinski definition) is 2. The minimum atomic E-state index is -0.784. The highest BCUT2D eigenvalue weighted by molar-refractivity contribution is 7.78. The largest absolute Gasteiger partial charge is 0.205 e. The number of unbranched alkanes of at least 4 members (excludes halogenated alkanes) is 3.